The number of nitrogens with one attached hydrogen (secondary N) is 2. The predicted octanol–water partition coefficient (Wildman–Crippen LogP) is 2.00. The zero-order chi connectivity index (χ0) is 15.9. The van der Waals surface area contributed by atoms with Gasteiger partial charge in [0.1, 0.15) is 0 Å². The first kappa shape index (κ1) is 16.3. The maximum atomic E-state index is 11.9. The molecular formula is C16H22N2O4. The standard InChI is InChI=1S/C16H22N2O4/c1-11(14-3-2-8-22-10-14)18-16(21)17-9-12-4-6-13(7-5-12)15(19)20/h4-7,11,14H,2-3,8-10H2,1H3,(H,19,20)(H2,17,18,21). The van der Waals surface area contributed by atoms with Crippen LogP contribution in [0.4, 0.5) is 4.79 Å². The highest BCUT2D eigenvalue weighted by Crippen LogP contribution is 2.17. The van der Waals surface area contributed by atoms with Crippen molar-refractivity contribution < 1.29 is 19.4 Å². The summed E-state index contributed by atoms with van der Waals surface area (Å²) in [6.07, 6.45) is 2.10. The van der Waals surface area contributed by atoms with Crippen LogP contribution in [-0.2, 0) is 11.3 Å². The number of hydrogen-bond acceptors (Lipinski definition) is 3. The van der Waals surface area contributed by atoms with Crippen molar-refractivity contribution in [2.75, 3.05) is 13.2 Å². The molecule has 2 unspecified atom stereocenters. The third-order valence-corrected chi connectivity index (χ3v) is 3.92. The number of carboxylic acid groups (broad SMARTS) is 1. The largest absolute Gasteiger partial charge is 0.478 e. The fourth-order valence-corrected chi connectivity index (χ4v) is 2.48. The van der Waals surface area contributed by atoms with Crippen LogP contribution >= 0.6 is 0 Å². The van der Waals surface area contributed by atoms with Crippen molar-refractivity contribution in [2.45, 2.75) is 32.4 Å². The lowest BCUT2D eigenvalue weighted by molar-refractivity contribution is 0.0435. The lowest BCUT2D eigenvalue weighted by Crippen LogP contribution is -2.45. The predicted molar refractivity (Wildman–Crippen MR) is 81.8 cm³/mol. The molecular weight excluding hydrogens is 284 g/mol. The Bertz CT molecular complexity index is 509. The summed E-state index contributed by atoms with van der Waals surface area (Å²) in [6, 6.07) is 6.29. The summed E-state index contributed by atoms with van der Waals surface area (Å²) < 4.78 is 5.42. The maximum Gasteiger partial charge on any atom is 0.335 e. The maximum absolute atomic E-state index is 11.9. The lowest BCUT2D eigenvalue weighted by Gasteiger charge is -2.28. The highest BCUT2D eigenvalue weighted by atomic mass is 16.5. The number of hydrogen-bond donors (Lipinski definition) is 3. The van der Waals surface area contributed by atoms with E-state index in [4.69, 9.17) is 9.84 Å². The van der Waals surface area contributed by atoms with Gasteiger partial charge in [-0.15, -0.1) is 0 Å². The number of urea groups is 1. The van der Waals surface area contributed by atoms with E-state index in [1.165, 1.54) is 12.1 Å². The van der Waals surface area contributed by atoms with Crippen LogP contribution in [0.25, 0.3) is 0 Å². The highest BCUT2D eigenvalue weighted by Gasteiger charge is 2.21. The lowest BCUT2D eigenvalue weighted by atomic mass is 9.95. The Labute approximate surface area is 129 Å². The highest BCUT2D eigenvalue weighted by molar-refractivity contribution is 5.87. The van der Waals surface area contributed by atoms with Crippen LogP contribution in [0.5, 0.6) is 0 Å². The average molecular weight is 306 g/mol. The summed E-state index contributed by atoms with van der Waals surface area (Å²) in [5.41, 5.74) is 1.09. The van der Waals surface area contributed by atoms with Gasteiger partial charge in [0.15, 0.2) is 0 Å². The molecule has 1 aliphatic rings. The van der Waals surface area contributed by atoms with Gasteiger partial charge in [-0.2, -0.15) is 0 Å². The molecule has 0 aromatic heterocycles. The van der Waals surface area contributed by atoms with Crippen molar-refractivity contribution in [1.29, 1.82) is 0 Å². The molecule has 1 aliphatic heterocycles. The molecule has 0 aliphatic carbocycles. The number of carbonyl (C=O) groups excluding carboxylic acids is 1. The number of benzene rings is 1. The van der Waals surface area contributed by atoms with E-state index >= 15 is 0 Å². The molecule has 0 bridgehead atoms. The summed E-state index contributed by atoms with van der Waals surface area (Å²) in [7, 11) is 0. The Morgan fingerprint density at radius 1 is 1.36 bits per heavy atom. The summed E-state index contributed by atoms with van der Waals surface area (Å²) in [4.78, 5) is 22.6. The molecule has 1 aromatic carbocycles. The Hall–Kier alpha value is -2.08. The van der Waals surface area contributed by atoms with E-state index in [0.717, 1.165) is 25.0 Å². The molecule has 2 atom stereocenters. The molecule has 1 aromatic rings. The van der Waals surface area contributed by atoms with Gasteiger partial charge >= 0.3 is 12.0 Å². The fraction of sp³-hybridized carbons (Fsp3) is 0.500. The summed E-state index contributed by atoms with van der Waals surface area (Å²) in [6.45, 7) is 3.85. The van der Waals surface area contributed by atoms with E-state index in [-0.39, 0.29) is 17.6 Å². The SMILES string of the molecule is CC(NC(=O)NCc1ccc(C(=O)O)cc1)C1CCCOC1. The number of ether oxygens (including phenoxy) is 1. The minimum absolute atomic E-state index is 0.0645. The van der Waals surface area contributed by atoms with Gasteiger partial charge in [-0.25, -0.2) is 9.59 Å². The van der Waals surface area contributed by atoms with Crippen LogP contribution in [0.3, 0.4) is 0 Å². The Morgan fingerprint density at radius 2 is 2.09 bits per heavy atom. The minimum Gasteiger partial charge on any atom is -0.478 e. The molecule has 6 nitrogen and oxygen atoms in total. The van der Waals surface area contributed by atoms with Gasteiger partial charge in [0, 0.05) is 25.1 Å². The van der Waals surface area contributed by atoms with E-state index in [2.05, 4.69) is 10.6 Å². The Kier molecular flexibility index (Phi) is 5.77. The van der Waals surface area contributed by atoms with Crippen molar-refractivity contribution in [2.24, 2.45) is 5.92 Å². The molecule has 1 fully saturated rings. The number of carboxylic acids is 1. The average Bonchev–Trinajstić information content (AvgIpc) is 2.54. The molecule has 1 saturated heterocycles. The summed E-state index contributed by atoms with van der Waals surface area (Å²) >= 11 is 0. The molecule has 2 rings (SSSR count). The van der Waals surface area contributed by atoms with E-state index in [1.807, 2.05) is 6.92 Å². The van der Waals surface area contributed by atoms with E-state index in [1.54, 1.807) is 12.1 Å². The first-order chi connectivity index (χ1) is 10.6. The van der Waals surface area contributed by atoms with Gasteiger partial charge in [-0.05, 0) is 37.5 Å². The molecule has 2 amide bonds. The second-order valence-corrected chi connectivity index (χ2v) is 5.59. The smallest absolute Gasteiger partial charge is 0.335 e. The second kappa shape index (κ2) is 7.79. The van der Waals surface area contributed by atoms with Gasteiger partial charge in [0.2, 0.25) is 0 Å². The number of aromatic carboxylic acids is 1. The molecule has 0 saturated carbocycles. The second-order valence-electron chi connectivity index (χ2n) is 5.59. The normalized spacial score (nSPS) is 19.2. The van der Waals surface area contributed by atoms with E-state index in [0.29, 0.717) is 19.1 Å². The van der Waals surface area contributed by atoms with Crippen molar-refractivity contribution in [3.8, 4) is 0 Å². The molecule has 22 heavy (non-hydrogen) atoms. The van der Waals surface area contributed by atoms with E-state index < -0.39 is 5.97 Å². The number of rotatable bonds is 5. The van der Waals surface area contributed by atoms with Gasteiger partial charge in [0.05, 0.1) is 12.2 Å². The van der Waals surface area contributed by atoms with E-state index in [9.17, 15) is 9.59 Å². The summed E-state index contributed by atoms with van der Waals surface area (Å²) in [5, 5.41) is 14.5. The molecule has 0 spiro atoms. The summed E-state index contributed by atoms with van der Waals surface area (Å²) in [5.74, 6) is -0.602. The third-order valence-electron chi connectivity index (χ3n) is 3.92. The molecule has 0 radical (unpaired) electrons. The van der Waals surface area contributed by atoms with Crippen LogP contribution in [0.2, 0.25) is 0 Å². The first-order valence-corrected chi connectivity index (χ1v) is 7.50. The van der Waals surface area contributed by atoms with Crippen LogP contribution in [0.1, 0.15) is 35.7 Å². The van der Waals surface area contributed by atoms with Crippen LogP contribution in [0.15, 0.2) is 24.3 Å². The third kappa shape index (κ3) is 4.73. The van der Waals surface area contributed by atoms with Gasteiger partial charge in [-0.1, -0.05) is 12.1 Å². The van der Waals surface area contributed by atoms with Crippen molar-refractivity contribution >= 4 is 12.0 Å². The molecule has 120 valence electrons. The number of amides is 2. The fourth-order valence-electron chi connectivity index (χ4n) is 2.48. The van der Waals surface area contributed by atoms with Gasteiger partial charge in [-0.3, -0.25) is 0 Å². The first-order valence-electron chi connectivity index (χ1n) is 7.50. The zero-order valence-corrected chi connectivity index (χ0v) is 12.7. The monoisotopic (exact) mass is 306 g/mol. The molecule has 3 N–H and O–H groups in total. The minimum atomic E-state index is -0.958. The van der Waals surface area contributed by atoms with Crippen molar-refractivity contribution in [3.05, 3.63) is 35.4 Å². The Balaban J connectivity index is 1.75. The Morgan fingerprint density at radius 3 is 2.68 bits per heavy atom. The number of carbonyl (C=O) groups is 2. The van der Waals surface area contributed by atoms with Crippen LogP contribution in [0, 0.1) is 5.92 Å². The van der Waals surface area contributed by atoms with Crippen molar-refractivity contribution in [3.63, 3.8) is 0 Å². The zero-order valence-electron chi connectivity index (χ0n) is 12.7. The van der Waals surface area contributed by atoms with Gasteiger partial charge in [0.25, 0.3) is 0 Å². The topological polar surface area (TPSA) is 87.7 Å². The molecule has 6 heteroatoms. The van der Waals surface area contributed by atoms with Crippen LogP contribution < -0.4 is 10.6 Å². The quantitative estimate of drug-likeness (QED) is 0.776. The van der Waals surface area contributed by atoms with Crippen molar-refractivity contribution in [1.82, 2.24) is 10.6 Å². The van der Waals surface area contributed by atoms with Crippen LogP contribution in [-0.4, -0.2) is 36.4 Å². The molecule has 1 heterocycles. The van der Waals surface area contributed by atoms with Gasteiger partial charge < -0.3 is 20.5 Å².